The second-order valence-corrected chi connectivity index (χ2v) is 3.50. The second-order valence-electron chi connectivity index (χ2n) is 3.50. The average Bonchev–Trinajstić information content (AvgIpc) is 2.40. The van der Waals surface area contributed by atoms with Crippen molar-refractivity contribution in [2.45, 2.75) is 0 Å². The first-order valence-electron chi connectivity index (χ1n) is 5.30. The topological polar surface area (TPSA) is 26.3 Å². The Balaban J connectivity index is 2.22. The largest absolute Gasteiger partial charge is 0.422 e. The lowest BCUT2D eigenvalue weighted by molar-refractivity contribution is 0.0734. The van der Waals surface area contributed by atoms with E-state index in [1.54, 1.807) is 36.4 Å². The van der Waals surface area contributed by atoms with Crippen LogP contribution in [0.1, 0.15) is 15.9 Å². The molecule has 2 aromatic rings. The lowest BCUT2D eigenvalue weighted by Gasteiger charge is -2.06. The fourth-order valence-electron chi connectivity index (χ4n) is 1.48. The molecule has 0 radical (unpaired) electrons. The smallest absolute Gasteiger partial charge is 0.343 e. The van der Waals surface area contributed by atoms with Gasteiger partial charge in [-0.25, -0.2) is 4.79 Å². The number of carbonyl (C=O) groups is 1. The minimum Gasteiger partial charge on any atom is -0.422 e. The van der Waals surface area contributed by atoms with Gasteiger partial charge in [-0.15, -0.1) is 0 Å². The summed E-state index contributed by atoms with van der Waals surface area (Å²) < 4.78 is 5.31. The van der Waals surface area contributed by atoms with Crippen LogP contribution in [-0.2, 0) is 0 Å². The number of benzene rings is 2. The molecule has 17 heavy (non-hydrogen) atoms. The molecular formula is C15H12O2. The van der Waals surface area contributed by atoms with Crippen LogP contribution < -0.4 is 4.74 Å². The van der Waals surface area contributed by atoms with Crippen molar-refractivity contribution in [2.75, 3.05) is 0 Å². The van der Waals surface area contributed by atoms with E-state index in [1.165, 1.54) is 0 Å². The minimum atomic E-state index is -0.361. The summed E-state index contributed by atoms with van der Waals surface area (Å²) >= 11 is 0. The molecule has 0 saturated heterocycles. The van der Waals surface area contributed by atoms with Crippen molar-refractivity contribution in [1.82, 2.24) is 0 Å². The summed E-state index contributed by atoms with van der Waals surface area (Å²) in [6, 6.07) is 16.2. The molecule has 2 aromatic carbocycles. The first-order chi connectivity index (χ1) is 8.31. The third-order valence-corrected chi connectivity index (χ3v) is 2.35. The van der Waals surface area contributed by atoms with Crippen molar-refractivity contribution in [3.05, 3.63) is 72.3 Å². The Morgan fingerprint density at radius 3 is 2.35 bits per heavy atom. The Labute approximate surface area is 100 Å². The molecule has 0 aliphatic rings. The molecular weight excluding hydrogens is 212 g/mol. The van der Waals surface area contributed by atoms with Crippen LogP contribution in [0.4, 0.5) is 0 Å². The third-order valence-electron chi connectivity index (χ3n) is 2.35. The number of carbonyl (C=O) groups excluding carboxylic acids is 1. The van der Waals surface area contributed by atoms with Gasteiger partial charge in [0.25, 0.3) is 0 Å². The Hall–Kier alpha value is -2.35. The van der Waals surface area contributed by atoms with Gasteiger partial charge in [0.15, 0.2) is 0 Å². The van der Waals surface area contributed by atoms with Crippen LogP contribution in [0, 0.1) is 0 Å². The van der Waals surface area contributed by atoms with Gasteiger partial charge in [0.2, 0.25) is 0 Å². The molecule has 0 fully saturated rings. The van der Waals surface area contributed by atoms with E-state index in [4.69, 9.17) is 4.74 Å². The van der Waals surface area contributed by atoms with Crippen LogP contribution in [0.15, 0.2) is 61.2 Å². The van der Waals surface area contributed by atoms with E-state index < -0.39 is 0 Å². The van der Waals surface area contributed by atoms with Crippen LogP contribution in [0.5, 0.6) is 5.75 Å². The molecule has 0 heterocycles. The van der Waals surface area contributed by atoms with Gasteiger partial charge in [-0.2, -0.15) is 0 Å². The highest BCUT2D eigenvalue weighted by molar-refractivity contribution is 5.91. The molecule has 2 heteroatoms. The van der Waals surface area contributed by atoms with E-state index in [0.717, 1.165) is 5.56 Å². The van der Waals surface area contributed by atoms with Gasteiger partial charge in [-0.1, -0.05) is 49.1 Å². The summed E-state index contributed by atoms with van der Waals surface area (Å²) in [4.78, 5) is 11.8. The molecule has 0 N–H and O–H groups in total. The van der Waals surface area contributed by atoms with Gasteiger partial charge in [0.05, 0.1) is 5.56 Å². The van der Waals surface area contributed by atoms with Crippen molar-refractivity contribution in [2.24, 2.45) is 0 Å². The lowest BCUT2D eigenvalue weighted by atomic mass is 10.2. The van der Waals surface area contributed by atoms with E-state index in [1.807, 2.05) is 24.3 Å². The van der Waals surface area contributed by atoms with E-state index >= 15 is 0 Å². The van der Waals surface area contributed by atoms with Crippen LogP contribution in [0.2, 0.25) is 0 Å². The van der Waals surface area contributed by atoms with Crippen LogP contribution >= 0.6 is 0 Å². The minimum absolute atomic E-state index is 0.361. The summed E-state index contributed by atoms with van der Waals surface area (Å²) in [6.07, 6.45) is 1.66. The summed E-state index contributed by atoms with van der Waals surface area (Å²) in [5, 5.41) is 0. The zero-order chi connectivity index (χ0) is 12.1. The van der Waals surface area contributed by atoms with Gasteiger partial charge in [-0.3, -0.25) is 0 Å². The zero-order valence-corrected chi connectivity index (χ0v) is 9.30. The molecule has 0 saturated carbocycles. The highest BCUT2D eigenvalue weighted by Gasteiger charge is 2.09. The first-order valence-corrected chi connectivity index (χ1v) is 5.30. The Morgan fingerprint density at radius 1 is 1.00 bits per heavy atom. The van der Waals surface area contributed by atoms with Gasteiger partial charge < -0.3 is 4.74 Å². The fraction of sp³-hybridized carbons (Fsp3) is 0. The van der Waals surface area contributed by atoms with E-state index in [9.17, 15) is 4.79 Å². The summed E-state index contributed by atoms with van der Waals surface area (Å²) in [5.74, 6) is 0.163. The number of esters is 1. The number of para-hydroxylation sites is 1. The maximum absolute atomic E-state index is 11.8. The molecule has 0 amide bonds. The number of hydrogen-bond donors (Lipinski definition) is 0. The summed E-state index contributed by atoms with van der Waals surface area (Å²) in [6.45, 7) is 3.68. The Bertz CT molecular complexity index is 530. The SMILES string of the molecule is C=Cc1ccccc1OC(=O)c1ccccc1. The molecule has 2 rings (SSSR count). The van der Waals surface area contributed by atoms with E-state index in [2.05, 4.69) is 6.58 Å². The molecule has 0 aliphatic heterocycles. The number of ether oxygens (including phenoxy) is 1. The first kappa shape index (κ1) is 11.1. The van der Waals surface area contributed by atoms with Gasteiger partial charge in [0.1, 0.15) is 5.75 Å². The molecule has 0 bridgehead atoms. The van der Waals surface area contributed by atoms with Crippen molar-refractivity contribution in [3.8, 4) is 5.75 Å². The molecule has 0 atom stereocenters. The predicted molar refractivity (Wildman–Crippen MR) is 67.9 cm³/mol. The summed E-state index contributed by atoms with van der Waals surface area (Å²) in [5.41, 5.74) is 1.34. The average molecular weight is 224 g/mol. The molecule has 84 valence electrons. The predicted octanol–water partition coefficient (Wildman–Crippen LogP) is 3.55. The standard InChI is InChI=1S/C15H12O2/c1-2-12-8-6-7-11-14(12)17-15(16)13-9-4-3-5-10-13/h2-11H,1H2. The van der Waals surface area contributed by atoms with Crippen molar-refractivity contribution >= 4 is 12.0 Å². The Kier molecular flexibility index (Phi) is 3.36. The monoisotopic (exact) mass is 224 g/mol. The molecule has 0 unspecified atom stereocenters. The molecule has 0 aromatic heterocycles. The lowest BCUT2D eigenvalue weighted by Crippen LogP contribution is -2.08. The third kappa shape index (κ3) is 2.61. The maximum atomic E-state index is 11.8. The Morgan fingerprint density at radius 2 is 1.65 bits per heavy atom. The normalized spacial score (nSPS) is 9.65. The summed E-state index contributed by atoms with van der Waals surface area (Å²) in [7, 11) is 0. The number of rotatable bonds is 3. The van der Waals surface area contributed by atoms with Crippen molar-refractivity contribution in [3.63, 3.8) is 0 Å². The molecule has 0 spiro atoms. The highest BCUT2D eigenvalue weighted by Crippen LogP contribution is 2.20. The number of hydrogen-bond acceptors (Lipinski definition) is 2. The van der Waals surface area contributed by atoms with Crippen LogP contribution in [0.25, 0.3) is 6.08 Å². The van der Waals surface area contributed by atoms with Gasteiger partial charge in [-0.05, 0) is 18.2 Å². The zero-order valence-electron chi connectivity index (χ0n) is 9.30. The maximum Gasteiger partial charge on any atom is 0.343 e. The highest BCUT2D eigenvalue weighted by atomic mass is 16.5. The van der Waals surface area contributed by atoms with Gasteiger partial charge in [0, 0.05) is 5.56 Å². The molecule has 0 aliphatic carbocycles. The van der Waals surface area contributed by atoms with Crippen LogP contribution in [-0.4, -0.2) is 5.97 Å². The van der Waals surface area contributed by atoms with E-state index in [0.29, 0.717) is 11.3 Å². The van der Waals surface area contributed by atoms with Crippen molar-refractivity contribution < 1.29 is 9.53 Å². The quantitative estimate of drug-likeness (QED) is 0.588. The van der Waals surface area contributed by atoms with Gasteiger partial charge >= 0.3 is 5.97 Å². The van der Waals surface area contributed by atoms with Crippen LogP contribution in [0.3, 0.4) is 0 Å². The second kappa shape index (κ2) is 5.12. The van der Waals surface area contributed by atoms with E-state index in [-0.39, 0.29) is 5.97 Å². The van der Waals surface area contributed by atoms with Crippen molar-refractivity contribution in [1.29, 1.82) is 0 Å². The fourth-order valence-corrected chi connectivity index (χ4v) is 1.48. The molecule has 2 nitrogen and oxygen atoms in total.